The van der Waals surface area contributed by atoms with Crippen LogP contribution in [0.1, 0.15) is 201 Å². The minimum atomic E-state index is -0.817. The minimum absolute atomic E-state index is 0.0448. The number of rotatable bonds is 34. The Hall–Kier alpha value is -1.10. The maximum atomic E-state index is 13.6. The summed E-state index contributed by atoms with van der Waals surface area (Å²) in [6.07, 6.45) is 33.9. The van der Waals surface area contributed by atoms with Crippen LogP contribution in [0.3, 0.4) is 0 Å². The minimum Gasteiger partial charge on any atom is -0.481 e. The number of carboxylic acid groups (broad SMARTS) is 1. The third-order valence-corrected chi connectivity index (χ3v) is 8.74. The van der Waals surface area contributed by atoms with Crippen LogP contribution in [0.25, 0.3) is 0 Å². The first kappa shape index (κ1) is 40.9. The molecule has 250 valence electrons. The van der Waals surface area contributed by atoms with E-state index < -0.39 is 5.97 Å². The van der Waals surface area contributed by atoms with E-state index in [0.717, 1.165) is 38.9 Å². The van der Waals surface area contributed by atoms with Crippen molar-refractivity contribution in [3.05, 3.63) is 0 Å². The largest absolute Gasteiger partial charge is 0.481 e. The Kier molecular flexibility index (Phi) is 31.9. The number of aliphatic carboxylic acids is 1. The van der Waals surface area contributed by atoms with Gasteiger partial charge in [0, 0.05) is 19.5 Å². The Morgan fingerprint density at radius 3 is 1.21 bits per heavy atom. The molecule has 0 heterocycles. The maximum Gasteiger partial charge on any atom is 0.303 e. The summed E-state index contributed by atoms with van der Waals surface area (Å²) in [4.78, 5) is 26.9. The number of amides is 1. The van der Waals surface area contributed by atoms with Crippen LogP contribution in [0.15, 0.2) is 0 Å². The van der Waals surface area contributed by atoms with E-state index in [4.69, 9.17) is 0 Å². The summed E-state index contributed by atoms with van der Waals surface area (Å²) in [5, 5.41) is 12.8. The van der Waals surface area contributed by atoms with Crippen LogP contribution < -0.4 is 5.32 Å². The van der Waals surface area contributed by atoms with Gasteiger partial charge in [0.15, 0.2) is 0 Å². The second-order valence-corrected chi connectivity index (χ2v) is 12.9. The molecule has 2 N–H and O–H groups in total. The SMILES string of the molecule is CCCCCCCCCCCCCCCCCCN[C@@H](CCC(=O)O)C(=O)N(CCCCCCC)CCCCCCC. The molecule has 0 aromatic carbocycles. The van der Waals surface area contributed by atoms with Gasteiger partial charge in [-0.3, -0.25) is 9.59 Å². The first-order valence-electron chi connectivity index (χ1n) is 18.8. The van der Waals surface area contributed by atoms with Gasteiger partial charge in [0.25, 0.3) is 0 Å². The predicted molar refractivity (Wildman–Crippen MR) is 182 cm³/mol. The lowest BCUT2D eigenvalue weighted by atomic mass is 10.0. The van der Waals surface area contributed by atoms with Gasteiger partial charge in [0.1, 0.15) is 0 Å². The fourth-order valence-corrected chi connectivity index (χ4v) is 5.90. The zero-order valence-electron chi connectivity index (χ0n) is 28.7. The Bertz CT molecular complexity index is 569. The number of carbonyl (C=O) groups excluding carboxylic acids is 1. The van der Waals surface area contributed by atoms with Gasteiger partial charge in [-0.1, -0.05) is 168 Å². The van der Waals surface area contributed by atoms with Crippen LogP contribution in [0.2, 0.25) is 0 Å². The number of nitrogens with one attached hydrogen (secondary N) is 1. The monoisotopic (exact) mass is 595 g/mol. The van der Waals surface area contributed by atoms with E-state index in [1.165, 1.54) is 148 Å². The Labute approximate surface area is 262 Å². The van der Waals surface area contributed by atoms with E-state index in [-0.39, 0.29) is 18.4 Å². The molecule has 0 saturated carbocycles. The van der Waals surface area contributed by atoms with Crippen LogP contribution in [0.4, 0.5) is 0 Å². The van der Waals surface area contributed by atoms with E-state index >= 15 is 0 Å². The van der Waals surface area contributed by atoms with Crippen LogP contribution in [0, 0.1) is 0 Å². The average Bonchev–Trinajstić information content (AvgIpc) is 2.98. The van der Waals surface area contributed by atoms with E-state index in [0.29, 0.717) is 6.42 Å². The smallest absolute Gasteiger partial charge is 0.303 e. The summed E-state index contributed by atoms with van der Waals surface area (Å²) in [5.74, 6) is -0.693. The highest BCUT2D eigenvalue weighted by Crippen LogP contribution is 2.14. The van der Waals surface area contributed by atoms with Gasteiger partial charge in [-0.2, -0.15) is 0 Å². The van der Waals surface area contributed by atoms with Gasteiger partial charge in [-0.05, 0) is 32.2 Å². The van der Waals surface area contributed by atoms with Crippen molar-refractivity contribution < 1.29 is 14.7 Å². The van der Waals surface area contributed by atoms with Crippen molar-refractivity contribution in [1.29, 1.82) is 0 Å². The Balaban J connectivity index is 4.26. The van der Waals surface area contributed by atoms with Crippen molar-refractivity contribution in [3.63, 3.8) is 0 Å². The number of carboxylic acids is 1. The molecule has 0 aromatic rings. The Morgan fingerprint density at radius 1 is 0.524 bits per heavy atom. The van der Waals surface area contributed by atoms with Crippen molar-refractivity contribution in [2.75, 3.05) is 19.6 Å². The molecule has 0 spiro atoms. The highest BCUT2D eigenvalue weighted by Gasteiger charge is 2.24. The van der Waals surface area contributed by atoms with Crippen molar-refractivity contribution >= 4 is 11.9 Å². The van der Waals surface area contributed by atoms with Crippen molar-refractivity contribution in [2.24, 2.45) is 0 Å². The fourth-order valence-electron chi connectivity index (χ4n) is 5.90. The molecule has 0 aliphatic heterocycles. The summed E-state index contributed by atoms with van der Waals surface area (Å²) in [5.41, 5.74) is 0. The normalized spacial score (nSPS) is 12.1. The van der Waals surface area contributed by atoms with E-state index in [1.54, 1.807) is 0 Å². The molecule has 0 rings (SSSR count). The van der Waals surface area contributed by atoms with Gasteiger partial charge in [0.2, 0.25) is 5.91 Å². The summed E-state index contributed by atoms with van der Waals surface area (Å²) in [7, 11) is 0. The average molecular weight is 595 g/mol. The molecule has 0 aromatic heterocycles. The lowest BCUT2D eigenvalue weighted by Gasteiger charge is -2.28. The Morgan fingerprint density at radius 2 is 0.857 bits per heavy atom. The molecule has 0 saturated heterocycles. The predicted octanol–water partition coefficient (Wildman–Crippen LogP) is 10.8. The van der Waals surface area contributed by atoms with Gasteiger partial charge >= 0.3 is 5.97 Å². The molecule has 0 fully saturated rings. The quantitative estimate of drug-likeness (QED) is 0.0727. The molecule has 0 aliphatic rings. The van der Waals surface area contributed by atoms with Crippen LogP contribution in [0.5, 0.6) is 0 Å². The standard InChI is InChI=1S/C37H74N2O3/c1-4-7-10-13-14-15-16-17-18-19-20-21-22-23-24-27-32-38-35(30-31-36(40)41)37(42)39(33-28-25-11-8-5-2)34-29-26-12-9-6-3/h35,38H,4-34H2,1-3H3,(H,40,41)/t35-/m0/s1. The van der Waals surface area contributed by atoms with Gasteiger partial charge in [0.05, 0.1) is 6.04 Å². The van der Waals surface area contributed by atoms with Crippen molar-refractivity contribution in [3.8, 4) is 0 Å². The molecule has 1 amide bonds. The molecule has 5 nitrogen and oxygen atoms in total. The number of carbonyl (C=O) groups is 2. The summed E-state index contributed by atoms with van der Waals surface area (Å²) in [6, 6.07) is -0.372. The summed E-state index contributed by atoms with van der Waals surface area (Å²) in [6.45, 7) is 9.15. The molecule has 0 unspecified atom stereocenters. The van der Waals surface area contributed by atoms with E-state index in [1.807, 2.05) is 4.90 Å². The number of nitrogens with zero attached hydrogens (tertiary/aromatic N) is 1. The van der Waals surface area contributed by atoms with E-state index in [2.05, 4.69) is 26.1 Å². The molecular formula is C37H74N2O3. The second-order valence-electron chi connectivity index (χ2n) is 12.9. The molecule has 5 heteroatoms. The van der Waals surface area contributed by atoms with Gasteiger partial charge < -0.3 is 15.3 Å². The van der Waals surface area contributed by atoms with E-state index in [9.17, 15) is 14.7 Å². The third kappa shape index (κ3) is 27.7. The number of hydrogen-bond donors (Lipinski definition) is 2. The molecule has 0 bridgehead atoms. The molecule has 0 aliphatic carbocycles. The second kappa shape index (κ2) is 32.8. The summed E-state index contributed by atoms with van der Waals surface area (Å²) < 4.78 is 0. The number of hydrogen-bond acceptors (Lipinski definition) is 3. The van der Waals surface area contributed by atoms with Gasteiger partial charge in [-0.25, -0.2) is 0 Å². The topological polar surface area (TPSA) is 69.6 Å². The third-order valence-electron chi connectivity index (χ3n) is 8.74. The van der Waals surface area contributed by atoms with Crippen molar-refractivity contribution in [1.82, 2.24) is 10.2 Å². The van der Waals surface area contributed by atoms with Crippen molar-refractivity contribution in [2.45, 2.75) is 207 Å². The lowest BCUT2D eigenvalue weighted by molar-refractivity contribution is -0.138. The van der Waals surface area contributed by atoms with Crippen LogP contribution in [-0.2, 0) is 9.59 Å². The molecule has 0 radical (unpaired) electrons. The lowest BCUT2D eigenvalue weighted by Crippen LogP contribution is -2.47. The summed E-state index contributed by atoms with van der Waals surface area (Å²) >= 11 is 0. The molecule has 1 atom stereocenters. The molecule has 42 heavy (non-hydrogen) atoms. The van der Waals surface area contributed by atoms with Crippen LogP contribution in [-0.4, -0.2) is 47.6 Å². The zero-order valence-corrected chi connectivity index (χ0v) is 28.7. The molecular weight excluding hydrogens is 520 g/mol. The fraction of sp³-hybridized carbons (Fsp3) is 0.946. The van der Waals surface area contributed by atoms with Gasteiger partial charge in [-0.15, -0.1) is 0 Å². The highest BCUT2D eigenvalue weighted by molar-refractivity contribution is 5.82. The van der Waals surface area contributed by atoms with Crippen LogP contribution >= 0.6 is 0 Å². The highest BCUT2D eigenvalue weighted by atomic mass is 16.4. The maximum absolute atomic E-state index is 13.6. The first-order chi connectivity index (χ1) is 20.6. The first-order valence-corrected chi connectivity index (χ1v) is 18.8. The number of unbranched alkanes of at least 4 members (excludes halogenated alkanes) is 23. The zero-order chi connectivity index (χ0) is 30.9.